The van der Waals surface area contributed by atoms with Gasteiger partial charge in [-0.05, 0) is 44.6 Å². The molecule has 2 N–H and O–H groups in total. The smallest absolute Gasteiger partial charge is 0.142 e. The van der Waals surface area contributed by atoms with Crippen LogP contribution in [0.4, 0.5) is 11.4 Å². The summed E-state index contributed by atoms with van der Waals surface area (Å²) in [5, 5.41) is 0. The number of likely N-dealkylation sites (N-methyl/N-ethyl adjacent to an activating group) is 2. The van der Waals surface area contributed by atoms with Crippen LogP contribution >= 0.6 is 11.8 Å². The number of rotatable bonds is 9. The number of benzene rings is 1. The minimum Gasteiger partial charge on any atom is -0.495 e. The molecule has 24 heavy (non-hydrogen) atoms. The number of aliphatic imine (C=N–C) groups is 1. The molecule has 0 saturated carbocycles. The van der Waals surface area contributed by atoms with E-state index in [0.717, 1.165) is 35.1 Å². The molecule has 0 bridgehead atoms. The van der Waals surface area contributed by atoms with E-state index in [9.17, 15) is 0 Å². The fourth-order valence-corrected chi connectivity index (χ4v) is 2.56. The largest absolute Gasteiger partial charge is 0.495 e. The lowest BCUT2D eigenvalue weighted by Crippen LogP contribution is -2.28. The Hall–Kier alpha value is -1.92. The molecule has 0 radical (unpaired) electrons. The second-order valence-corrected chi connectivity index (χ2v) is 6.40. The minimum atomic E-state index is 0.481. The van der Waals surface area contributed by atoms with E-state index in [1.807, 2.05) is 37.6 Å². The first-order chi connectivity index (χ1) is 11.4. The molecule has 0 saturated heterocycles. The molecular formula is C18H28N4OS. The summed E-state index contributed by atoms with van der Waals surface area (Å²) in [6.45, 7) is 5.54. The average Bonchev–Trinajstić information content (AvgIpc) is 2.57. The lowest BCUT2D eigenvalue weighted by Gasteiger charge is -2.23. The van der Waals surface area contributed by atoms with Crippen molar-refractivity contribution >= 4 is 29.0 Å². The van der Waals surface area contributed by atoms with Crippen LogP contribution in [0.25, 0.3) is 0 Å². The monoisotopic (exact) mass is 348 g/mol. The zero-order valence-corrected chi connectivity index (χ0v) is 16.1. The molecule has 132 valence electrons. The molecular weight excluding hydrogens is 320 g/mol. The first-order valence-electron chi connectivity index (χ1n) is 7.68. The van der Waals surface area contributed by atoms with Crippen molar-refractivity contribution in [3.63, 3.8) is 0 Å². The summed E-state index contributed by atoms with van der Waals surface area (Å²) in [6.07, 6.45) is 5.53. The molecule has 5 nitrogen and oxygen atoms in total. The highest BCUT2D eigenvalue weighted by Crippen LogP contribution is 2.32. The van der Waals surface area contributed by atoms with E-state index in [1.165, 1.54) is 0 Å². The molecule has 0 heterocycles. The number of ether oxygens (including phenoxy) is 1. The molecule has 0 fully saturated rings. The number of methoxy groups -OCH3 is 1. The maximum absolute atomic E-state index is 6.10. The first-order valence-corrected chi connectivity index (χ1v) is 8.90. The van der Waals surface area contributed by atoms with Crippen LogP contribution in [-0.2, 0) is 0 Å². The van der Waals surface area contributed by atoms with E-state index in [-0.39, 0.29) is 0 Å². The normalized spacial score (nSPS) is 12.4. The van der Waals surface area contributed by atoms with Gasteiger partial charge in [0.1, 0.15) is 11.6 Å². The highest BCUT2D eigenvalue weighted by Gasteiger charge is 2.10. The summed E-state index contributed by atoms with van der Waals surface area (Å²) in [5.41, 5.74) is 7.89. The van der Waals surface area contributed by atoms with Gasteiger partial charge in [-0.1, -0.05) is 12.7 Å². The van der Waals surface area contributed by atoms with E-state index in [2.05, 4.69) is 35.5 Å². The molecule has 0 unspecified atom stereocenters. The number of anilines is 1. The quantitative estimate of drug-likeness (QED) is 0.422. The van der Waals surface area contributed by atoms with Crippen LogP contribution in [0, 0.1) is 0 Å². The summed E-state index contributed by atoms with van der Waals surface area (Å²) in [7, 11) is 7.84. The molecule has 0 amide bonds. The molecule has 0 aliphatic rings. The Balaban J connectivity index is 3.12. The number of nitrogens with zero attached hydrogens (tertiary/aromatic N) is 3. The fourth-order valence-electron chi connectivity index (χ4n) is 2.08. The summed E-state index contributed by atoms with van der Waals surface area (Å²) < 4.78 is 5.48. The van der Waals surface area contributed by atoms with Gasteiger partial charge in [-0.2, -0.15) is 0 Å². The SMILES string of the molecule is C=C/C=C(\SC)C(N)=Nc1ccc(OC)c(N(C)CCN(C)C)c1. The second-order valence-electron chi connectivity index (χ2n) is 5.55. The van der Waals surface area contributed by atoms with Gasteiger partial charge in [0.25, 0.3) is 0 Å². The van der Waals surface area contributed by atoms with Crippen molar-refractivity contribution in [1.29, 1.82) is 0 Å². The molecule has 1 rings (SSSR count). The average molecular weight is 349 g/mol. The number of nitrogens with two attached hydrogens (primary N) is 1. The summed E-state index contributed by atoms with van der Waals surface area (Å²) in [4.78, 5) is 9.72. The minimum absolute atomic E-state index is 0.481. The van der Waals surface area contributed by atoms with Gasteiger partial charge in [0.15, 0.2) is 0 Å². The molecule has 1 aromatic carbocycles. The summed E-state index contributed by atoms with van der Waals surface area (Å²) in [5.74, 6) is 1.30. The molecule has 0 spiro atoms. The maximum atomic E-state index is 6.10. The molecule has 1 aromatic rings. The number of hydrogen-bond donors (Lipinski definition) is 1. The van der Waals surface area contributed by atoms with E-state index in [0.29, 0.717) is 5.84 Å². The van der Waals surface area contributed by atoms with Gasteiger partial charge >= 0.3 is 0 Å². The highest BCUT2D eigenvalue weighted by atomic mass is 32.2. The Labute approximate surface area is 149 Å². The Kier molecular flexibility index (Phi) is 8.43. The van der Waals surface area contributed by atoms with Crippen LogP contribution in [0.2, 0.25) is 0 Å². The Bertz CT molecular complexity index is 611. The van der Waals surface area contributed by atoms with Crippen LogP contribution in [0.15, 0.2) is 46.8 Å². The van der Waals surface area contributed by atoms with Gasteiger partial charge in [-0.3, -0.25) is 0 Å². The zero-order valence-electron chi connectivity index (χ0n) is 15.2. The van der Waals surface area contributed by atoms with Crippen LogP contribution < -0.4 is 15.4 Å². The Morgan fingerprint density at radius 3 is 2.58 bits per heavy atom. The van der Waals surface area contributed by atoms with Crippen molar-refractivity contribution in [2.45, 2.75) is 0 Å². The molecule has 0 aliphatic heterocycles. The van der Waals surface area contributed by atoms with Gasteiger partial charge in [0.2, 0.25) is 0 Å². The van der Waals surface area contributed by atoms with Crippen molar-refractivity contribution in [2.75, 3.05) is 52.5 Å². The predicted molar refractivity (Wildman–Crippen MR) is 108 cm³/mol. The molecule has 0 aliphatic carbocycles. The van der Waals surface area contributed by atoms with Gasteiger partial charge in [0.05, 0.1) is 18.5 Å². The lowest BCUT2D eigenvalue weighted by atomic mass is 10.2. The van der Waals surface area contributed by atoms with Crippen molar-refractivity contribution in [2.24, 2.45) is 10.7 Å². The van der Waals surface area contributed by atoms with Crippen molar-refractivity contribution < 1.29 is 4.74 Å². The zero-order chi connectivity index (χ0) is 18.1. The van der Waals surface area contributed by atoms with Gasteiger partial charge in [-0.15, -0.1) is 11.8 Å². The van der Waals surface area contributed by atoms with Gasteiger partial charge < -0.3 is 20.3 Å². The number of amidine groups is 1. The van der Waals surface area contributed by atoms with E-state index in [1.54, 1.807) is 24.9 Å². The van der Waals surface area contributed by atoms with Crippen LogP contribution in [0.1, 0.15) is 0 Å². The number of allylic oxidation sites excluding steroid dienone is 2. The second kappa shape index (κ2) is 10.1. The van der Waals surface area contributed by atoms with E-state index >= 15 is 0 Å². The summed E-state index contributed by atoms with van der Waals surface area (Å²) in [6, 6.07) is 5.82. The van der Waals surface area contributed by atoms with Crippen LogP contribution in [0.5, 0.6) is 5.75 Å². The molecule has 0 atom stereocenters. The third-order valence-electron chi connectivity index (χ3n) is 3.45. The Morgan fingerprint density at radius 1 is 1.33 bits per heavy atom. The maximum Gasteiger partial charge on any atom is 0.142 e. The predicted octanol–water partition coefficient (Wildman–Crippen LogP) is 3.11. The topological polar surface area (TPSA) is 54.1 Å². The van der Waals surface area contributed by atoms with Crippen molar-refractivity contribution in [1.82, 2.24) is 4.90 Å². The third kappa shape index (κ3) is 5.94. The lowest BCUT2D eigenvalue weighted by molar-refractivity contribution is 0.406. The van der Waals surface area contributed by atoms with E-state index in [4.69, 9.17) is 10.5 Å². The fraction of sp³-hybridized carbons (Fsp3) is 0.389. The number of hydrogen-bond acceptors (Lipinski definition) is 5. The van der Waals surface area contributed by atoms with Crippen LogP contribution in [0.3, 0.4) is 0 Å². The van der Waals surface area contributed by atoms with E-state index < -0.39 is 0 Å². The Morgan fingerprint density at radius 2 is 2.04 bits per heavy atom. The van der Waals surface area contributed by atoms with Crippen LogP contribution in [-0.4, -0.2) is 58.3 Å². The molecule has 6 heteroatoms. The molecule has 0 aromatic heterocycles. The third-order valence-corrected chi connectivity index (χ3v) is 4.23. The highest BCUT2D eigenvalue weighted by molar-refractivity contribution is 8.03. The van der Waals surface area contributed by atoms with Crippen molar-refractivity contribution in [3.8, 4) is 5.75 Å². The van der Waals surface area contributed by atoms with Gasteiger partial charge in [-0.25, -0.2) is 4.99 Å². The summed E-state index contributed by atoms with van der Waals surface area (Å²) >= 11 is 1.54. The van der Waals surface area contributed by atoms with Crippen molar-refractivity contribution in [3.05, 3.63) is 41.8 Å². The standard InChI is InChI=1S/C18H28N4OS/c1-7-8-17(24-6)18(19)20-14-9-10-16(23-5)15(13-14)22(4)12-11-21(2)3/h7-10,13H,1,11-12H2,2-6H3,(H2,19,20)/b17-8-. The first kappa shape index (κ1) is 20.1. The number of thioether (sulfide) groups is 1. The van der Waals surface area contributed by atoms with Gasteiger partial charge in [0, 0.05) is 25.0 Å².